The molecule has 21 heavy (non-hydrogen) atoms. The minimum Gasteiger partial charge on any atom is -0.477 e. The van der Waals surface area contributed by atoms with Gasteiger partial charge in [0.15, 0.2) is 0 Å². The fourth-order valence-corrected chi connectivity index (χ4v) is 2.58. The second kappa shape index (κ2) is 7.31. The maximum atomic E-state index is 12.5. The lowest BCUT2D eigenvalue weighted by Crippen LogP contribution is -2.34. The zero-order valence-corrected chi connectivity index (χ0v) is 12.3. The molecule has 0 aromatic carbocycles. The molecule has 0 radical (unpaired) electrons. The molecule has 1 aromatic heterocycles. The molecule has 0 aliphatic carbocycles. The fourth-order valence-electron chi connectivity index (χ4n) is 2.36. The summed E-state index contributed by atoms with van der Waals surface area (Å²) in [5.41, 5.74) is -0.869. The highest BCUT2D eigenvalue weighted by molar-refractivity contribution is 6.31. The van der Waals surface area contributed by atoms with Crippen LogP contribution in [0.2, 0.25) is 5.02 Å². The molecule has 1 fully saturated rings. The van der Waals surface area contributed by atoms with Gasteiger partial charge >= 0.3 is 6.18 Å². The summed E-state index contributed by atoms with van der Waals surface area (Å²) in [4.78, 5) is 3.64. The van der Waals surface area contributed by atoms with E-state index in [-0.39, 0.29) is 10.9 Å². The maximum absolute atomic E-state index is 12.5. The number of hydrogen-bond donors (Lipinski definition) is 1. The van der Waals surface area contributed by atoms with Crippen LogP contribution in [0.3, 0.4) is 0 Å². The highest BCUT2D eigenvalue weighted by atomic mass is 35.5. The summed E-state index contributed by atoms with van der Waals surface area (Å²) >= 11 is 5.76. The molecule has 7 heteroatoms. The average Bonchev–Trinajstić information content (AvgIpc) is 2.45. The molecule has 0 bridgehead atoms. The minimum absolute atomic E-state index is 0.0567. The molecular weight excluding hydrogens is 305 g/mol. The Morgan fingerprint density at radius 1 is 1.38 bits per heavy atom. The molecule has 1 N–H and O–H groups in total. The van der Waals surface area contributed by atoms with E-state index >= 15 is 0 Å². The Kier molecular flexibility index (Phi) is 5.70. The summed E-state index contributed by atoms with van der Waals surface area (Å²) in [6.45, 7) is 1.45. The van der Waals surface area contributed by atoms with E-state index in [2.05, 4.69) is 10.3 Å². The topological polar surface area (TPSA) is 34.1 Å². The van der Waals surface area contributed by atoms with Crippen LogP contribution in [0.15, 0.2) is 12.3 Å². The Hall–Kier alpha value is -1.01. The Balaban J connectivity index is 1.78. The predicted molar refractivity (Wildman–Crippen MR) is 74.6 cm³/mol. The van der Waals surface area contributed by atoms with Crippen LogP contribution in [0, 0.1) is 0 Å². The van der Waals surface area contributed by atoms with E-state index in [1.807, 2.05) is 0 Å². The first-order valence-corrected chi connectivity index (χ1v) is 7.43. The van der Waals surface area contributed by atoms with Crippen LogP contribution >= 0.6 is 11.6 Å². The molecule has 2 rings (SSSR count). The monoisotopic (exact) mass is 322 g/mol. The van der Waals surface area contributed by atoms with Gasteiger partial charge in [-0.3, -0.25) is 0 Å². The van der Waals surface area contributed by atoms with E-state index in [4.69, 9.17) is 16.3 Å². The molecule has 118 valence electrons. The number of aromatic nitrogens is 1. The third kappa shape index (κ3) is 5.04. The zero-order chi connectivity index (χ0) is 15.3. The molecule has 0 amide bonds. The summed E-state index contributed by atoms with van der Waals surface area (Å²) in [6.07, 6.45) is 1.73. The van der Waals surface area contributed by atoms with Crippen molar-refractivity contribution in [2.45, 2.75) is 44.3 Å². The van der Waals surface area contributed by atoms with Crippen molar-refractivity contribution >= 4 is 11.6 Å². The standard InChI is InChI=1S/C14H18ClF3N2O/c15-12-8-10(14(16,17)18)9-20-13(12)21-7-3-5-11-4-1-2-6-19-11/h8-9,11,19H,1-7H2. The number of rotatable bonds is 5. The first-order valence-electron chi connectivity index (χ1n) is 7.06. The zero-order valence-electron chi connectivity index (χ0n) is 11.5. The number of hydrogen-bond acceptors (Lipinski definition) is 3. The Bertz CT molecular complexity index is 462. The summed E-state index contributed by atoms with van der Waals surface area (Å²) in [5.74, 6) is 0.0567. The molecule has 1 unspecified atom stereocenters. The predicted octanol–water partition coefficient (Wildman–Crippen LogP) is 4.05. The van der Waals surface area contributed by atoms with Crippen molar-refractivity contribution in [3.8, 4) is 5.88 Å². The molecule has 3 nitrogen and oxygen atoms in total. The highest BCUT2D eigenvalue weighted by Gasteiger charge is 2.31. The molecule has 1 aliphatic rings. The van der Waals surface area contributed by atoms with Gasteiger partial charge < -0.3 is 10.1 Å². The number of nitrogens with zero attached hydrogens (tertiary/aromatic N) is 1. The summed E-state index contributed by atoms with van der Waals surface area (Å²) < 4.78 is 42.8. The Labute approximate surface area is 126 Å². The number of ether oxygens (including phenoxy) is 1. The second-order valence-corrected chi connectivity index (χ2v) is 5.55. The lowest BCUT2D eigenvalue weighted by molar-refractivity contribution is -0.137. The van der Waals surface area contributed by atoms with Crippen LogP contribution in [0.1, 0.15) is 37.7 Å². The lowest BCUT2D eigenvalue weighted by atomic mass is 10.0. The minimum atomic E-state index is -4.44. The number of nitrogens with one attached hydrogen (secondary N) is 1. The van der Waals surface area contributed by atoms with E-state index in [1.165, 1.54) is 19.3 Å². The van der Waals surface area contributed by atoms with Gasteiger partial charge in [0.05, 0.1) is 12.2 Å². The van der Waals surface area contributed by atoms with Crippen LogP contribution in [-0.4, -0.2) is 24.2 Å². The van der Waals surface area contributed by atoms with Gasteiger partial charge in [0.2, 0.25) is 5.88 Å². The van der Waals surface area contributed by atoms with E-state index in [0.29, 0.717) is 12.6 Å². The number of piperidine rings is 1. The molecule has 0 spiro atoms. The van der Waals surface area contributed by atoms with E-state index in [1.54, 1.807) is 0 Å². The van der Waals surface area contributed by atoms with Crippen molar-refractivity contribution in [2.75, 3.05) is 13.2 Å². The van der Waals surface area contributed by atoms with Crippen molar-refractivity contribution in [1.82, 2.24) is 10.3 Å². The van der Waals surface area contributed by atoms with Gasteiger partial charge in [0.25, 0.3) is 0 Å². The van der Waals surface area contributed by atoms with Crippen LogP contribution in [0.5, 0.6) is 5.88 Å². The molecule has 0 saturated carbocycles. The van der Waals surface area contributed by atoms with Crippen molar-refractivity contribution < 1.29 is 17.9 Å². The Morgan fingerprint density at radius 2 is 2.19 bits per heavy atom. The number of alkyl halides is 3. The van der Waals surface area contributed by atoms with Crippen molar-refractivity contribution in [1.29, 1.82) is 0 Å². The molecule has 1 aliphatic heterocycles. The van der Waals surface area contributed by atoms with Gasteiger partial charge in [-0.1, -0.05) is 18.0 Å². The molecular formula is C14H18ClF3N2O. The van der Waals surface area contributed by atoms with Gasteiger partial charge in [-0.15, -0.1) is 0 Å². The summed E-state index contributed by atoms with van der Waals surface area (Å²) in [7, 11) is 0. The first-order chi connectivity index (χ1) is 9.97. The number of halogens is 4. The largest absolute Gasteiger partial charge is 0.477 e. The van der Waals surface area contributed by atoms with Crippen molar-refractivity contribution in [3.63, 3.8) is 0 Å². The average molecular weight is 323 g/mol. The van der Waals surface area contributed by atoms with Crippen LogP contribution < -0.4 is 10.1 Å². The SMILES string of the molecule is FC(F)(F)c1cnc(OCCCC2CCCCN2)c(Cl)c1. The van der Waals surface area contributed by atoms with E-state index in [0.717, 1.165) is 31.6 Å². The van der Waals surface area contributed by atoms with Gasteiger partial charge in [0.1, 0.15) is 5.02 Å². The molecule has 1 atom stereocenters. The van der Waals surface area contributed by atoms with E-state index < -0.39 is 11.7 Å². The van der Waals surface area contributed by atoms with Crippen LogP contribution in [0.25, 0.3) is 0 Å². The summed E-state index contributed by atoms with van der Waals surface area (Å²) in [6, 6.07) is 1.35. The summed E-state index contributed by atoms with van der Waals surface area (Å²) in [5, 5.41) is 3.32. The van der Waals surface area contributed by atoms with Crippen LogP contribution in [-0.2, 0) is 6.18 Å². The maximum Gasteiger partial charge on any atom is 0.417 e. The van der Waals surface area contributed by atoms with Gasteiger partial charge in [-0.2, -0.15) is 13.2 Å². The molecule has 1 aromatic rings. The van der Waals surface area contributed by atoms with Crippen LogP contribution in [0.4, 0.5) is 13.2 Å². The third-order valence-electron chi connectivity index (χ3n) is 3.48. The normalized spacial score (nSPS) is 19.5. The second-order valence-electron chi connectivity index (χ2n) is 5.15. The smallest absolute Gasteiger partial charge is 0.417 e. The quantitative estimate of drug-likeness (QED) is 0.830. The first kappa shape index (κ1) is 16.4. The van der Waals surface area contributed by atoms with Gasteiger partial charge in [-0.05, 0) is 38.3 Å². The third-order valence-corrected chi connectivity index (χ3v) is 3.75. The van der Waals surface area contributed by atoms with Crippen molar-refractivity contribution in [3.05, 3.63) is 22.8 Å². The van der Waals surface area contributed by atoms with Gasteiger partial charge in [0, 0.05) is 12.2 Å². The van der Waals surface area contributed by atoms with E-state index in [9.17, 15) is 13.2 Å². The van der Waals surface area contributed by atoms with Gasteiger partial charge in [-0.25, -0.2) is 4.98 Å². The van der Waals surface area contributed by atoms with Crippen molar-refractivity contribution in [2.24, 2.45) is 0 Å². The fraction of sp³-hybridized carbons (Fsp3) is 0.643. The lowest BCUT2D eigenvalue weighted by Gasteiger charge is -2.23. The molecule has 1 saturated heterocycles. The molecule has 2 heterocycles. The number of pyridine rings is 1. The highest BCUT2D eigenvalue weighted by Crippen LogP contribution is 2.33. The Morgan fingerprint density at radius 3 is 2.81 bits per heavy atom.